The van der Waals surface area contributed by atoms with Gasteiger partial charge in [0.15, 0.2) is 0 Å². The minimum absolute atomic E-state index is 0. The Kier molecular flexibility index (Phi) is 14.3. The molecule has 0 amide bonds. The van der Waals surface area contributed by atoms with Crippen molar-refractivity contribution in [2.24, 2.45) is 0 Å². The van der Waals surface area contributed by atoms with Crippen LogP contribution in [0, 0.1) is 0 Å². The zero-order valence-electron chi connectivity index (χ0n) is 17.0. The monoisotopic (exact) mass is 409 g/mol. The van der Waals surface area contributed by atoms with E-state index in [-0.39, 0.29) is 21.7 Å². The van der Waals surface area contributed by atoms with Gasteiger partial charge in [-0.05, 0) is 38.5 Å². The van der Waals surface area contributed by atoms with Gasteiger partial charge in [-0.3, -0.25) is 0 Å². The van der Waals surface area contributed by atoms with Crippen molar-refractivity contribution in [2.75, 3.05) is 0 Å². The van der Waals surface area contributed by atoms with Crippen LogP contribution in [-0.4, -0.2) is 9.52 Å². The Morgan fingerprint density at radius 3 is 2.07 bits per heavy atom. The van der Waals surface area contributed by atoms with Gasteiger partial charge in [0.25, 0.3) is 0 Å². The molecule has 0 atom stereocenters. The van der Waals surface area contributed by atoms with Crippen molar-refractivity contribution in [3.63, 3.8) is 0 Å². The van der Waals surface area contributed by atoms with Crippen molar-refractivity contribution in [3.8, 4) is 5.75 Å². The Hall–Kier alpha value is -1.74. The molecule has 0 fully saturated rings. The van der Waals surface area contributed by atoms with Crippen LogP contribution in [0.3, 0.4) is 0 Å². The second-order valence-electron chi connectivity index (χ2n) is 6.17. The van der Waals surface area contributed by atoms with Gasteiger partial charge in [0.05, 0.1) is 6.26 Å². The van der Waals surface area contributed by atoms with Crippen LogP contribution in [-0.2, 0) is 21.7 Å². The molecule has 2 radical (unpaired) electrons. The molecule has 140 valence electrons. The molecule has 0 spiro atoms. The van der Waals surface area contributed by atoms with Crippen molar-refractivity contribution in [1.29, 1.82) is 0 Å². The summed E-state index contributed by atoms with van der Waals surface area (Å²) >= 11 is 0. The number of ether oxygens (including phenoxy) is 1. The van der Waals surface area contributed by atoms with Crippen LogP contribution in [0.1, 0.15) is 20.8 Å². The zero-order valence-corrected chi connectivity index (χ0v) is 19.6. The molecule has 3 heteroatoms. The molecule has 0 bridgehead atoms. The van der Waals surface area contributed by atoms with Crippen molar-refractivity contribution in [3.05, 3.63) is 96.3 Å². The van der Waals surface area contributed by atoms with Gasteiger partial charge in [-0.1, -0.05) is 49.0 Å². The number of allylic oxidation sites excluding steroid dienone is 3. The summed E-state index contributed by atoms with van der Waals surface area (Å²) in [4.78, 5) is 0. The van der Waals surface area contributed by atoms with E-state index < -0.39 is 0 Å². The predicted molar refractivity (Wildman–Crippen MR) is 117 cm³/mol. The van der Waals surface area contributed by atoms with Gasteiger partial charge in [-0.25, -0.2) is 0 Å². The van der Waals surface area contributed by atoms with E-state index in [1.165, 1.54) is 16.3 Å². The van der Waals surface area contributed by atoms with Crippen LogP contribution >= 0.6 is 0 Å². The summed E-state index contributed by atoms with van der Waals surface area (Å²) in [6, 6.07) is 24.4. The molecule has 0 aliphatic rings. The van der Waals surface area contributed by atoms with E-state index in [1.807, 2.05) is 37.3 Å². The third kappa shape index (κ3) is 11.6. The minimum Gasteiger partial charge on any atom is -0.465 e. The first-order valence-electron chi connectivity index (χ1n) is 8.79. The molecule has 3 aromatic carbocycles. The number of hydrogen-bond acceptors (Lipinski definition) is 1. The van der Waals surface area contributed by atoms with E-state index in [0.29, 0.717) is 0 Å². The molecule has 0 saturated heterocycles. The molecule has 0 unspecified atom stereocenters. The Bertz CT molecular complexity index is 769. The minimum atomic E-state index is 0. The van der Waals surface area contributed by atoms with Crippen LogP contribution < -0.4 is 4.74 Å². The van der Waals surface area contributed by atoms with Gasteiger partial charge in [0.2, 0.25) is 0 Å². The molecular weight excluding hydrogens is 380 g/mol. The topological polar surface area (TPSA) is 9.23 Å². The molecule has 0 aliphatic carbocycles. The Morgan fingerprint density at radius 2 is 1.48 bits per heavy atom. The van der Waals surface area contributed by atoms with E-state index in [0.717, 1.165) is 20.8 Å². The van der Waals surface area contributed by atoms with E-state index in [1.54, 1.807) is 6.26 Å². The van der Waals surface area contributed by atoms with Crippen molar-refractivity contribution in [1.82, 2.24) is 0 Å². The summed E-state index contributed by atoms with van der Waals surface area (Å²) in [5.41, 5.74) is 2.39. The fourth-order valence-electron chi connectivity index (χ4n) is 2.22. The number of hydrogen-bond donors (Lipinski definition) is 0. The SMILES string of the molecule is CC(C)=CC(C)=COc1ccccc1.C[Si]C.[Ti].c1ccc2[cH-]ccc2c1. The summed E-state index contributed by atoms with van der Waals surface area (Å²) < 4.78 is 5.46. The van der Waals surface area contributed by atoms with Crippen molar-refractivity contribution in [2.45, 2.75) is 33.9 Å². The molecule has 0 aromatic heterocycles. The van der Waals surface area contributed by atoms with Gasteiger partial charge in [0, 0.05) is 31.2 Å². The second kappa shape index (κ2) is 15.3. The van der Waals surface area contributed by atoms with Gasteiger partial charge in [-0.2, -0.15) is 17.5 Å². The Balaban J connectivity index is 0.000000446. The standard InChI is InChI=1S/C13H16O.C9H7.C2H6Si.Ti/c1-11(2)9-12(3)10-14-13-7-5-4-6-8-13;1-2-5-9-7-3-6-8(9)4-1;1-3-2;/h4-10H,1-3H3;1-7H;1-2H3;/q;-1;;. The first kappa shape index (κ1) is 25.3. The third-order valence-electron chi connectivity index (χ3n) is 3.19. The molecule has 0 N–H and O–H groups in total. The van der Waals surface area contributed by atoms with Gasteiger partial charge < -0.3 is 4.74 Å². The first-order valence-corrected chi connectivity index (χ1v) is 10.8. The van der Waals surface area contributed by atoms with Crippen molar-refractivity contribution >= 4 is 20.3 Å². The number of para-hydroxylation sites is 1. The molecule has 1 nitrogen and oxygen atoms in total. The van der Waals surface area contributed by atoms with Crippen LogP contribution in [0.5, 0.6) is 5.75 Å². The van der Waals surface area contributed by atoms with E-state index in [4.69, 9.17) is 4.74 Å². The van der Waals surface area contributed by atoms with E-state index >= 15 is 0 Å². The smallest absolute Gasteiger partial charge is 0.126 e. The average Bonchev–Trinajstić information content (AvgIpc) is 3.10. The zero-order chi connectivity index (χ0) is 19.2. The average molecular weight is 409 g/mol. The van der Waals surface area contributed by atoms with Gasteiger partial charge in [0.1, 0.15) is 5.75 Å². The molecule has 0 saturated carbocycles. The molecular formula is C24H29OSiTi-. The van der Waals surface area contributed by atoms with Crippen LogP contribution in [0.4, 0.5) is 0 Å². The van der Waals surface area contributed by atoms with Crippen LogP contribution in [0.2, 0.25) is 13.1 Å². The quantitative estimate of drug-likeness (QED) is 0.191. The largest absolute Gasteiger partial charge is 0.465 e. The Morgan fingerprint density at radius 1 is 0.889 bits per heavy atom. The van der Waals surface area contributed by atoms with Crippen LogP contribution in [0.25, 0.3) is 10.8 Å². The van der Waals surface area contributed by atoms with Crippen molar-refractivity contribution < 1.29 is 26.5 Å². The van der Waals surface area contributed by atoms with Crippen LogP contribution in [0.15, 0.2) is 96.3 Å². The summed E-state index contributed by atoms with van der Waals surface area (Å²) in [7, 11) is 1.08. The molecule has 3 rings (SSSR count). The maximum atomic E-state index is 5.46. The maximum absolute atomic E-state index is 5.46. The maximum Gasteiger partial charge on any atom is 0.126 e. The fourth-order valence-corrected chi connectivity index (χ4v) is 2.22. The van der Waals surface area contributed by atoms with Gasteiger partial charge in [-0.15, -0.1) is 29.7 Å². The Labute approximate surface area is 182 Å². The summed E-state index contributed by atoms with van der Waals surface area (Å²) in [5.74, 6) is 0.869. The molecule has 0 heterocycles. The molecule has 27 heavy (non-hydrogen) atoms. The van der Waals surface area contributed by atoms with E-state index in [9.17, 15) is 0 Å². The summed E-state index contributed by atoms with van der Waals surface area (Å²) in [6.07, 6.45) is 3.85. The predicted octanol–water partition coefficient (Wildman–Crippen LogP) is 7.28. The van der Waals surface area contributed by atoms with E-state index in [2.05, 4.69) is 75.5 Å². The number of fused-ring (bicyclic) bond motifs is 1. The normalized spacial score (nSPS) is 9.74. The third-order valence-corrected chi connectivity index (χ3v) is 3.19. The first-order chi connectivity index (χ1) is 12.6. The number of rotatable bonds is 3. The second-order valence-corrected chi connectivity index (χ2v) is 7.17. The summed E-state index contributed by atoms with van der Waals surface area (Å²) in [5, 5.41) is 2.66. The molecule has 0 aliphatic heterocycles. The number of benzene rings is 2. The molecule has 3 aromatic rings. The fraction of sp³-hybridized carbons (Fsp3) is 0.208. The van der Waals surface area contributed by atoms with Gasteiger partial charge >= 0.3 is 0 Å². The summed E-state index contributed by atoms with van der Waals surface area (Å²) in [6.45, 7) is 10.5.